The van der Waals surface area contributed by atoms with Crippen LogP contribution >= 0.6 is 0 Å². The zero-order valence-corrected chi connectivity index (χ0v) is 18.5. The Kier molecular flexibility index (Phi) is 7.64. The zero-order chi connectivity index (χ0) is 22.6. The predicted molar refractivity (Wildman–Crippen MR) is 111 cm³/mol. The third-order valence-corrected chi connectivity index (χ3v) is 7.99. The molecule has 1 aromatic carbocycles. The van der Waals surface area contributed by atoms with Gasteiger partial charge in [-0.2, -0.15) is 17.5 Å². The van der Waals surface area contributed by atoms with Gasteiger partial charge in [0.05, 0.1) is 10.5 Å². The number of nitrogens with zero attached hydrogens (tertiary/aromatic N) is 2. The lowest BCUT2D eigenvalue weighted by Crippen LogP contribution is -2.48. The van der Waals surface area contributed by atoms with Crippen LogP contribution in [0.25, 0.3) is 0 Å². The molecule has 0 bridgehead atoms. The summed E-state index contributed by atoms with van der Waals surface area (Å²) in [6.45, 7) is 5.38. The number of alkyl halides is 3. The van der Waals surface area contributed by atoms with Crippen LogP contribution in [0.2, 0.25) is 0 Å². The summed E-state index contributed by atoms with van der Waals surface area (Å²) in [5.41, 5.74) is -0.993. The van der Waals surface area contributed by atoms with E-state index in [9.17, 15) is 26.4 Å². The molecule has 1 amide bonds. The molecular formula is C21H30F3N3O3S. The van der Waals surface area contributed by atoms with Gasteiger partial charge in [-0.15, -0.1) is 0 Å². The van der Waals surface area contributed by atoms with E-state index in [1.54, 1.807) is 0 Å². The number of carbonyl (C=O) groups is 1. The van der Waals surface area contributed by atoms with Crippen molar-refractivity contribution in [3.8, 4) is 0 Å². The van der Waals surface area contributed by atoms with Crippen molar-refractivity contribution in [2.75, 3.05) is 32.7 Å². The topological polar surface area (TPSA) is 69.7 Å². The molecule has 0 saturated carbocycles. The summed E-state index contributed by atoms with van der Waals surface area (Å²) in [6, 6.07) is 3.93. The summed E-state index contributed by atoms with van der Waals surface area (Å²) in [4.78, 5) is 14.7. The first-order valence-electron chi connectivity index (χ1n) is 10.8. The molecule has 2 aliphatic rings. The van der Waals surface area contributed by atoms with Gasteiger partial charge in [-0.1, -0.05) is 13.0 Å². The number of rotatable bonds is 6. The Balaban J connectivity index is 1.54. The first kappa shape index (κ1) is 24.0. The molecule has 10 heteroatoms. The first-order chi connectivity index (χ1) is 14.6. The number of amides is 1. The van der Waals surface area contributed by atoms with Crippen molar-refractivity contribution in [2.45, 2.75) is 56.1 Å². The van der Waals surface area contributed by atoms with E-state index in [-0.39, 0.29) is 35.9 Å². The molecule has 2 fully saturated rings. The Hall–Kier alpha value is -1.65. The molecule has 0 spiro atoms. The second-order valence-electron chi connectivity index (χ2n) is 8.33. The van der Waals surface area contributed by atoms with Gasteiger partial charge in [0.15, 0.2) is 0 Å². The first-order valence-corrected chi connectivity index (χ1v) is 12.3. The Morgan fingerprint density at radius 2 is 1.74 bits per heavy atom. The van der Waals surface area contributed by atoms with E-state index >= 15 is 0 Å². The number of piperidine rings is 2. The molecule has 0 unspecified atom stereocenters. The smallest absolute Gasteiger partial charge is 0.353 e. The van der Waals surface area contributed by atoms with E-state index in [1.807, 2.05) is 0 Å². The second-order valence-corrected chi connectivity index (χ2v) is 10.3. The summed E-state index contributed by atoms with van der Waals surface area (Å²) >= 11 is 0. The van der Waals surface area contributed by atoms with Gasteiger partial charge < -0.3 is 10.2 Å². The average Bonchev–Trinajstić information content (AvgIpc) is 2.75. The van der Waals surface area contributed by atoms with Crippen LogP contribution in [0, 0.1) is 5.92 Å². The summed E-state index contributed by atoms with van der Waals surface area (Å²) in [7, 11) is -4.04. The van der Waals surface area contributed by atoms with Crippen molar-refractivity contribution in [1.29, 1.82) is 0 Å². The zero-order valence-electron chi connectivity index (χ0n) is 17.7. The minimum absolute atomic E-state index is 0.0509. The lowest BCUT2D eigenvalue weighted by atomic mass is 9.96. The maximum atomic E-state index is 12.9. The van der Waals surface area contributed by atoms with E-state index in [2.05, 4.69) is 17.1 Å². The molecule has 6 nitrogen and oxygen atoms in total. The van der Waals surface area contributed by atoms with Gasteiger partial charge in [0.1, 0.15) is 0 Å². The number of benzene rings is 1. The molecular weight excluding hydrogens is 431 g/mol. The third kappa shape index (κ3) is 5.98. The molecule has 2 aliphatic heterocycles. The van der Waals surface area contributed by atoms with Crippen LogP contribution in [0.4, 0.5) is 13.2 Å². The molecule has 3 rings (SSSR count). The van der Waals surface area contributed by atoms with Gasteiger partial charge in [0.2, 0.25) is 15.9 Å². The van der Waals surface area contributed by atoms with Crippen molar-refractivity contribution in [3.63, 3.8) is 0 Å². The van der Waals surface area contributed by atoms with Gasteiger partial charge in [0, 0.05) is 38.1 Å². The van der Waals surface area contributed by atoms with Crippen LogP contribution in [0.3, 0.4) is 0 Å². The highest BCUT2D eigenvalue weighted by atomic mass is 32.2. The Labute approximate surface area is 181 Å². The fraction of sp³-hybridized carbons (Fsp3) is 0.667. The summed E-state index contributed by atoms with van der Waals surface area (Å²) in [5.74, 6) is -0.327. The SMILES string of the molecule is CCCN1CCC(NC(=O)C2CCN(S(=O)(=O)c3cccc(C(F)(F)F)c3)CC2)CC1. The molecule has 2 heterocycles. The van der Waals surface area contributed by atoms with Crippen LogP contribution in [-0.2, 0) is 21.0 Å². The van der Waals surface area contributed by atoms with Crippen LogP contribution in [-0.4, -0.2) is 62.3 Å². The number of sulfonamides is 1. The number of hydrogen-bond donors (Lipinski definition) is 1. The van der Waals surface area contributed by atoms with Crippen LogP contribution in [0.1, 0.15) is 44.6 Å². The molecule has 0 aliphatic carbocycles. The van der Waals surface area contributed by atoms with Crippen molar-refractivity contribution in [3.05, 3.63) is 29.8 Å². The highest BCUT2D eigenvalue weighted by molar-refractivity contribution is 7.89. The normalized spacial score (nSPS) is 20.6. The summed E-state index contributed by atoms with van der Waals surface area (Å²) in [5, 5.41) is 3.10. The lowest BCUT2D eigenvalue weighted by molar-refractivity contribution is -0.137. The van der Waals surface area contributed by atoms with Crippen molar-refractivity contribution in [1.82, 2.24) is 14.5 Å². The standard InChI is InChI=1S/C21H30F3N3O3S/c1-2-10-26-11-8-18(9-12-26)25-20(28)16-6-13-27(14-7-16)31(29,30)19-5-3-4-17(15-19)21(22,23)24/h3-5,15-16,18H,2,6-14H2,1H3,(H,25,28). The fourth-order valence-electron chi connectivity index (χ4n) is 4.28. The molecule has 174 valence electrons. The number of nitrogens with one attached hydrogen (secondary N) is 1. The van der Waals surface area contributed by atoms with Crippen molar-refractivity contribution in [2.24, 2.45) is 5.92 Å². The van der Waals surface area contributed by atoms with Gasteiger partial charge >= 0.3 is 6.18 Å². The molecule has 0 atom stereocenters. The van der Waals surface area contributed by atoms with Crippen LogP contribution < -0.4 is 5.32 Å². The van der Waals surface area contributed by atoms with Gasteiger partial charge in [-0.3, -0.25) is 4.79 Å². The van der Waals surface area contributed by atoms with Gasteiger partial charge in [-0.25, -0.2) is 8.42 Å². The van der Waals surface area contributed by atoms with E-state index in [0.29, 0.717) is 18.9 Å². The average molecular weight is 462 g/mol. The summed E-state index contributed by atoms with van der Waals surface area (Å²) < 4.78 is 65.6. The molecule has 2 saturated heterocycles. The lowest BCUT2D eigenvalue weighted by Gasteiger charge is -2.34. The fourth-order valence-corrected chi connectivity index (χ4v) is 5.79. The highest BCUT2D eigenvalue weighted by Crippen LogP contribution is 2.32. The Morgan fingerprint density at radius 1 is 1.10 bits per heavy atom. The van der Waals surface area contributed by atoms with E-state index in [1.165, 1.54) is 10.4 Å². The molecule has 31 heavy (non-hydrogen) atoms. The number of likely N-dealkylation sites (tertiary alicyclic amines) is 1. The van der Waals surface area contributed by atoms with Crippen LogP contribution in [0.5, 0.6) is 0 Å². The van der Waals surface area contributed by atoms with Gasteiger partial charge in [-0.05, 0) is 56.8 Å². The van der Waals surface area contributed by atoms with Crippen molar-refractivity contribution >= 4 is 15.9 Å². The van der Waals surface area contributed by atoms with E-state index in [0.717, 1.165) is 51.0 Å². The minimum Gasteiger partial charge on any atom is -0.353 e. The molecule has 1 aromatic rings. The Bertz CT molecular complexity index is 860. The maximum absolute atomic E-state index is 12.9. The monoisotopic (exact) mass is 461 g/mol. The minimum atomic E-state index is -4.61. The van der Waals surface area contributed by atoms with E-state index in [4.69, 9.17) is 0 Å². The Morgan fingerprint density at radius 3 is 2.32 bits per heavy atom. The largest absolute Gasteiger partial charge is 0.416 e. The van der Waals surface area contributed by atoms with E-state index < -0.39 is 21.8 Å². The number of hydrogen-bond acceptors (Lipinski definition) is 4. The molecule has 0 aromatic heterocycles. The van der Waals surface area contributed by atoms with Crippen molar-refractivity contribution < 1.29 is 26.4 Å². The van der Waals surface area contributed by atoms with Crippen LogP contribution in [0.15, 0.2) is 29.2 Å². The maximum Gasteiger partial charge on any atom is 0.416 e. The predicted octanol–water partition coefficient (Wildman–Crippen LogP) is 3.10. The molecule has 0 radical (unpaired) electrons. The quantitative estimate of drug-likeness (QED) is 0.707. The third-order valence-electron chi connectivity index (χ3n) is 6.10. The van der Waals surface area contributed by atoms with Gasteiger partial charge in [0.25, 0.3) is 0 Å². The second kappa shape index (κ2) is 9.87. The molecule has 1 N–H and O–H groups in total. The highest BCUT2D eigenvalue weighted by Gasteiger charge is 2.35. The number of halogens is 3. The number of carbonyl (C=O) groups excluding carboxylic acids is 1. The summed E-state index contributed by atoms with van der Waals surface area (Å²) in [6.07, 6.45) is -0.956.